The van der Waals surface area contributed by atoms with Gasteiger partial charge in [-0.2, -0.15) is 0 Å². The summed E-state index contributed by atoms with van der Waals surface area (Å²) in [6, 6.07) is 24.4. The molecule has 0 spiro atoms. The summed E-state index contributed by atoms with van der Waals surface area (Å²) in [6.45, 7) is 5.13. The second kappa shape index (κ2) is 9.02. The van der Waals surface area contributed by atoms with Crippen LogP contribution in [0.5, 0.6) is 0 Å². The van der Waals surface area contributed by atoms with Gasteiger partial charge < -0.3 is 0 Å². The zero-order chi connectivity index (χ0) is 21.9. The first-order valence-corrected chi connectivity index (χ1v) is 10.9. The summed E-state index contributed by atoms with van der Waals surface area (Å²) in [4.78, 5) is 24.2. The van der Waals surface area contributed by atoms with Crippen molar-refractivity contribution < 1.29 is 9.18 Å². The van der Waals surface area contributed by atoms with E-state index in [1.807, 2.05) is 30.3 Å². The number of amides is 1. The van der Waals surface area contributed by atoms with Crippen molar-refractivity contribution in [1.82, 2.24) is 9.80 Å². The van der Waals surface area contributed by atoms with Crippen molar-refractivity contribution in [2.24, 2.45) is 4.99 Å². The summed E-state index contributed by atoms with van der Waals surface area (Å²) in [5, 5.41) is 0. The minimum atomic E-state index is -0.432. The summed E-state index contributed by atoms with van der Waals surface area (Å²) in [5.41, 5.74) is 3.39. The fraction of sp³-hybridized carbons (Fsp3) is 0.231. The highest BCUT2D eigenvalue weighted by atomic mass is 19.1. The highest BCUT2D eigenvalue weighted by Crippen LogP contribution is 2.31. The van der Waals surface area contributed by atoms with Crippen LogP contribution in [-0.4, -0.2) is 54.3 Å². The van der Waals surface area contributed by atoms with Crippen LogP contribution in [-0.2, 0) is 11.3 Å². The molecule has 5 rings (SSSR count). The van der Waals surface area contributed by atoms with E-state index in [1.54, 1.807) is 23.1 Å². The smallest absolute Gasteiger partial charge is 0.278 e. The normalized spacial score (nSPS) is 18.3. The molecule has 0 aliphatic carbocycles. The fourth-order valence-electron chi connectivity index (χ4n) is 4.30. The highest BCUT2D eigenvalue weighted by molar-refractivity contribution is 6.54. The van der Waals surface area contributed by atoms with Gasteiger partial charge in [-0.1, -0.05) is 60.7 Å². The molecule has 0 bridgehead atoms. The first kappa shape index (κ1) is 20.5. The van der Waals surface area contributed by atoms with Crippen LogP contribution in [0.3, 0.4) is 0 Å². The summed E-state index contributed by atoms with van der Waals surface area (Å²) in [6.07, 6.45) is 0. The molecule has 0 N–H and O–H groups in total. The van der Waals surface area contributed by atoms with Crippen molar-refractivity contribution in [3.8, 4) is 0 Å². The standard InChI is InChI=1S/C26H25FN4O/c27-22-11-5-6-12-23(22)28-25-21-10-4-7-13-24(21)31(26(25)32)19-30-16-14-29(15-17-30)18-20-8-2-1-3-9-20/h1-13H,14-19H2. The number of benzene rings is 3. The van der Waals surface area contributed by atoms with Crippen LogP contribution in [0.1, 0.15) is 11.1 Å². The van der Waals surface area contributed by atoms with Gasteiger partial charge in [0.25, 0.3) is 5.91 Å². The second-order valence-corrected chi connectivity index (χ2v) is 8.18. The highest BCUT2D eigenvalue weighted by Gasteiger charge is 2.35. The average Bonchev–Trinajstić information content (AvgIpc) is 3.08. The molecular weight excluding hydrogens is 403 g/mol. The number of fused-ring (bicyclic) bond motifs is 1. The molecule has 32 heavy (non-hydrogen) atoms. The maximum Gasteiger partial charge on any atom is 0.278 e. The maximum absolute atomic E-state index is 14.2. The lowest BCUT2D eigenvalue weighted by Crippen LogP contribution is -2.50. The number of rotatable bonds is 5. The second-order valence-electron chi connectivity index (χ2n) is 8.18. The Morgan fingerprint density at radius 1 is 0.781 bits per heavy atom. The maximum atomic E-state index is 14.2. The van der Waals surface area contributed by atoms with Crippen LogP contribution in [0.15, 0.2) is 83.9 Å². The van der Waals surface area contributed by atoms with E-state index in [2.05, 4.69) is 39.1 Å². The van der Waals surface area contributed by atoms with Crippen molar-refractivity contribution in [3.63, 3.8) is 0 Å². The Kier molecular flexibility index (Phi) is 5.79. The van der Waals surface area contributed by atoms with Gasteiger partial charge in [0, 0.05) is 38.3 Å². The number of hydrogen-bond acceptors (Lipinski definition) is 4. The fourth-order valence-corrected chi connectivity index (χ4v) is 4.30. The number of piperazine rings is 1. The van der Waals surface area contributed by atoms with Crippen molar-refractivity contribution in [1.29, 1.82) is 0 Å². The molecule has 2 heterocycles. The Balaban J connectivity index is 1.30. The summed E-state index contributed by atoms with van der Waals surface area (Å²) in [5.74, 6) is -0.612. The van der Waals surface area contributed by atoms with Crippen molar-refractivity contribution in [2.45, 2.75) is 6.54 Å². The average molecular weight is 429 g/mol. The van der Waals surface area contributed by atoms with E-state index in [4.69, 9.17) is 0 Å². The topological polar surface area (TPSA) is 39.2 Å². The van der Waals surface area contributed by atoms with Crippen LogP contribution in [0.4, 0.5) is 15.8 Å². The van der Waals surface area contributed by atoms with Gasteiger partial charge in [-0.25, -0.2) is 9.38 Å². The third-order valence-corrected chi connectivity index (χ3v) is 6.04. The predicted molar refractivity (Wildman–Crippen MR) is 125 cm³/mol. The Morgan fingerprint density at radius 3 is 2.22 bits per heavy atom. The molecule has 1 amide bonds. The van der Waals surface area contributed by atoms with Crippen molar-refractivity contribution in [3.05, 3.63) is 95.8 Å². The van der Waals surface area contributed by atoms with E-state index >= 15 is 0 Å². The van der Waals surface area contributed by atoms with Gasteiger partial charge in [-0.15, -0.1) is 0 Å². The quantitative estimate of drug-likeness (QED) is 0.615. The number of carbonyl (C=O) groups excluding carboxylic acids is 1. The molecule has 0 radical (unpaired) electrons. The Bertz CT molecular complexity index is 1140. The van der Waals surface area contributed by atoms with E-state index < -0.39 is 5.82 Å². The zero-order valence-electron chi connectivity index (χ0n) is 17.8. The molecule has 0 aromatic heterocycles. The number of halogens is 1. The van der Waals surface area contributed by atoms with E-state index in [9.17, 15) is 9.18 Å². The summed E-state index contributed by atoms with van der Waals surface area (Å²) in [7, 11) is 0. The molecule has 2 aliphatic rings. The van der Waals surface area contributed by atoms with Crippen LogP contribution in [0, 0.1) is 5.82 Å². The lowest BCUT2D eigenvalue weighted by Gasteiger charge is -2.36. The third-order valence-electron chi connectivity index (χ3n) is 6.04. The minimum Gasteiger partial charge on any atom is -0.297 e. The van der Waals surface area contributed by atoms with Gasteiger partial charge in [-0.05, 0) is 23.8 Å². The largest absolute Gasteiger partial charge is 0.297 e. The Morgan fingerprint density at radius 2 is 1.44 bits per heavy atom. The first-order chi connectivity index (χ1) is 15.7. The van der Waals surface area contributed by atoms with Gasteiger partial charge in [0.15, 0.2) is 0 Å². The van der Waals surface area contributed by atoms with E-state index in [-0.39, 0.29) is 11.6 Å². The summed E-state index contributed by atoms with van der Waals surface area (Å²) >= 11 is 0. The molecule has 3 aromatic carbocycles. The number of nitrogens with zero attached hydrogens (tertiary/aromatic N) is 4. The lowest BCUT2D eigenvalue weighted by atomic mass is 10.1. The number of carbonyl (C=O) groups is 1. The van der Waals surface area contributed by atoms with Crippen molar-refractivity contribution >= 4 is 23.0 Å². The number of hydrogen-bond donors (Lipinski definition) is 0. The SMILES string of the molecule is O=C1C(=Nc2ccccc2F)c2ccccc2N1CN1CCN(Cc2ccccc2)CC1. The third kappa shape index (κ3) is 4.20. The molecule has 5 nitrogen and oxygen atoms in total. The Hall–Kier alpha value is -3.35. The molecule has 1 fully saturated rings. The summed E-state index contributed by atoms with van der Waals surface area (Å²) < 4.78 is 14.2. The van der Waals surface area contributed by atoms with Gasteiger partial charge in [0.05, 0.1) is 18.0 Å². The van der Waals surface area contributed by atoms with Crippen molar-refractivity contribution in [2.75, 3.05) is 37.7 Å². The van der Waals surface area contributed by atoms with Crippen LogP contribution < -0.4 is 4.90 Å². The zero-order valence-corrected chi connectivity index (χ0v) is 17.8. The van der Waals surface area contributed by atoms with Gasteiger partial charge in [0.2, 0.25) is 0 Å². The number of aliphatic imine (C=N–C) groups is 1. The van der Waals surface area contributed by atoms with Crippen LogP contribution in [0.25, 0.3) is 0 Å². The van der Waals surface area contributed by atoms with E-state index in [0.717, 1.165) is 44.0 Å². The Labute approximate surface area is 187 Å². The molecule has 162 valence electrons. The molecular formula is C26H25FN4O. The van der Waals surface area contributed by atoms with E-state index in [1.165, 1.54) is 11.6 Å². The van der Waals surface area contributed by atoms with Gasteiger partial charge in [-0.3, -0.25) is 19.5 Å². The minimum absolute atomic E-state index is 0.179. The van der Waals surface area contributed by atoms with Crippen LogP contribution >= 0.6 is 0 Å². The molecule has 0 saturated carbocycles. The number of anilines is 1. The molecule has 6 heteroatoms. The molecule has 0 atom stereocenters. The first-order valence-electron chi connectivity index (χ1n) is 10.9. The molecule has 3 aromatic rings. The predicted octanol–water partition coefficient (Wildman–Crippen LogP) is 4.07. The van der Waals surface area contributed by atoms with E-state index in [0.29, 0.717) is 12.4 Å². The number of para-hydroxylation sites is 2. The molecule has 2 aliphatic heterocycles. The lowest BCUT2D eigenvalue weighted by molar-refractivity contribution is -0.112. The van der Waals surface area contributed by atoms with Gasteiger partial charge in [0.1, 0.15) is 11.5 Å². The molecule has 1 saturated heterocycles. The molecule has 0 unspecified atom stereocenters. The van der Waals surface area contributed by atoms with Gasteiger partial charge >= 0.3 is 0 Å². The monoisotopic (exact) mass is 428 g/mol. The van der Waals surface area contributed by atoms with Crippen LogP contribution in [0.2, 0.25) is 0 Å².